The molecule has 6 nitrogen and oxygen atoms in total. The van der Waals surface area contributed by atoms with Crippen LogP contribution in [-0.4, -0.2) is 30.5 Å². The Balaban J connectivity index is 0.00000144. The minimum absolute atomic E-state index is 0. The van der Waals surface area contributed by atoms with Crippen molar-refractivity contribution in [3.8, 4) is 0 Å². The SMILES string of the molecule is CC1OCC(COP(=O)([O-])O)O1.[K+]. The summed E-state index contributed by atoms with van der Waals surface area (Å²) in [4.78, 5) is 18.4. The molecule has 3 atom stereocenters. The second-order valence-corrected chi connectivity index (χ2v) is 3.62. The van der Waals surface area contributed by atoms with Crippen LogP contribution in [-0.2, 0) is 18.6 Å². The summed E-state index contributed by atoms with van der Waals surface area (Å²) in [5.74, 6) is 0. The van der Waals surface area contributed by atoms with Gasteiger partial charge in [-0.1, -0.05) is 0 Å². The molecule has 3 unspecified atom stereocenters. The first-order chi connectivity index (χ1) is 5.47. The molecule has 1 fully saturated rings. The number of rotatable bonds is 3. The fourth-order valence-electron chi connectivity index (χ4n) is 0.857. The fraction of sp³-hybridized carbons (Fsp3) is 1.00. The summed E-state index contributed by atoms with van der Waals surface area (Å²) in [7, 11) is -4.62. The molecule has 0 saturated carbocycles. The van der Waals surface area contributed by atoms with E-state index in [0.717, 1.165) is 0 Å². The van der Waals surface area contributed by atoms with Gasteiger partial charge < -0.3 is 23.8 Å². The number of phosphoric ester groups is 1. The fourth-order valence-corrected chi connectivity index (χ4v) is 1.21. The van der Waals surface area contributed by atoms with Crippen molar-refractivity contribution in [2.75, 3.05) is 13.2 Å². The van der Waals surface area contributed by atoms with Gasteiger partial charge in [0.1, 0.15) is 6.10 Å². The van der Waals surface area contributed by atoms with E-state index in [2.05, 4.69) is 4.52 Å². The van der Waals surface area contributed by atoms with E-state index in [1.807, 2.05) is 0 Å². The maximum absolute atomic E-state index is 10.1. The minimum atomic E-state index is -4.62. The van der Waals surface area contributed by atoms with Crippen molar-refractivity contribution >= 4 is 7.82 Å². The van der Waals surface area contributed by atoms with Crippen LogP contribution in [0, 0.1) is 0 Å². The first kappa shape index (κ1) is 14.7. The van der Waals surface area contributed by atoms with Crippen molar-refractivity contribution in [3.05, 3.63) is 0 Å². The van der Waals surface area contributed by atoms with Crippen molar-refractivity contribution in [1.82, 2.24) is 0 Å². The molecule has 0 aromatic heterocycles. The van der Waals surface area contributed by atoms with Gasteiger partial charge in [0.2, 0.25) is 0 Å². The van der Waals surface area contributed by atoms with Gasteiger partial charge in [0.25, 0.3) is 7.82 Å². The Labute approximate surface area is 119 Å². The standard InChI is InChI=1S/C5H11O6P.K/c1-4-9-2-5(11-4)3-10-12(6,7)8;/h4-5H,2-3H2,1H3,(H2,6,7,8);/q;+1/p-1. The van der Waals surface area contributed by atoms with E-state index in [-0.39, 0.29) is 70.9 Å². The monoisotopic (exact) mass is 236 g/mol. The van der Waals surface area contributed by atoms with Gasteiger partial charge in [0, 0.05) is 0 Å². The van der Waals surface area contributed by atoms with E-state index in [4.69, 9.17) is 14.4 Å². The van der Waals surface area contributed by atoms with Gasteiger partial charge in [-0.2, -0.15) is 0 Å². The van der Waals surface area contributed by atoms with Gasteiger partial charge in [-0.15, -0.1) is 0 Å². The number of ether oxygens (including phenoxy) is 2. The van der Waals surface area contributed by atoms with Crippen LogP contribution in [0.3, 0.4) is 0 Å². The number of phosphoric acid groups is 1. The van der Waals surface area contributed by atoms with Gasteiger partial charge in [0.05, 0.1) is 13.2 Å². The van der Waals surface area contributed by atoms with Crippen molar-refractivity contribution in [1.29, 1.82) is 0 Å². The second kappa shape index (κ2) is 6.29. The molecule has 13 heavy (non-hydrogen) atoms. The summed E-state index contributed by atoms with van der Waals surface area (Å²) in [6, 6.07) is 0. The predicted molar refractivity (Wildman–Crippen MR) is 36.1 cm³/mol. The van der Waals surface area contributed by atoms with E-state index >= 15 is 0 Å². The molecule has 1 heterocycles. The Hall–Kier alpha value is 1.67. The molecule has 1 saturated heterocycles. The maximum atomic E-state index is 10.1. The van der Waals surface area contributed by atoms with Crippen LogP contribution in [0.15, 0.2) is 0 Å². The van der Waals surface area contributed by atoms with Gasteiger partial charge in [-0.25, -0.2) is 0 Å². The second-order valence-electron chi connectivity index (χ2n) is 2.42. The third kappa shape index (κ3) is 6.70. The topological polar surface area (TPSA) is 88.1 Å². The molecule has 1 N–H and O–H groups in total. The molecule has 0 aromatic carbocycles. The Bertz CT molecular complexity index is 193. The van der Waals surface area contributed by atoms with Gasteiger partial charge in [0.15, 0.2) is 6.29 Å². The molecule has 0 spiro atoms. The zero-order chi connectivity index (χ0) is 9.19. The molecule has 0 amide bonds. The normalized spacial score (nSPS) is 32.2. The number of hydrogen-bond acceptors (Lipinski definition) is 5. The molecule has 1 rings (SSSR count). The van der Waals surface area contributed by atoms with Crippen LogP contribution >= 0.6 is 7.82 Å². The smallest absolute Gasteiger partial charge is 0.756 e. The summed E-state index contributed by atoms with van der Waals surface area (Å²) in [5, 5.41) is 0. The Morgan fingerprint density at radius 3 is 2.77 bits per heavy atom. The zero-order valence-corrected chi connectivity index (χ0v) is 11.5. The molecule has 1 aliphatic rings. The van der Waals surface area contributed by atoms with Crippen molar-refractivity contribution < 1.29 is 79.7 Å². The third-order valence-electron chi connectivity index (χ3n) is 1.32. The first-order valence-electron chi connectivity index (χ1n) is 3.43. The molecular weight excluding hydrogens is 226 g/mol. The Morgan fingerprint density at radius 2 is 2.38 bits per heavy atom. The predicted octanol–water partition coefficient (Wildman–Crippen LogP) is -3.77. The molecule has 0 radical (unpaired) electrons. The average molecular weight is 236 g/mol. The molecule has 0 aromatic rings. The van der Waals surface area contributed by atoms with Crippen LogP contribution in [0.25, 0.3) is 0 Å². The molecule has 1 aliphatic heterocycles. The van der Waals surface area contributed by atoms with E-state index in [0.29, 0.717) is 0 Å². The summed E-state index contributed by atoms with van der Waals surface area (Å²) in [6.45, 7) is 1.76. The summed E-state index contributed by atoms with van der Waals surface area (Å²) < 4.78 is 24.2. The molecule has 0 aliphatic carbocycles. The molecular formula is C5H10KO6P. The van der Waals surface area contributed by atoms with Gasteiger partial charge in [-0.3, -0.25) is 4.57 Å². The van der Waals surface area contributed by atoms with E-state index in [1.54, 1.807) is 6.92 Å². The van der Waals surface area contributed by atoms with Crippen LogP contribution in [0.5, 0.6) is 0 Å². The van der Waals surface area contributed by atoms with E-state index < -0.39 is 13.9 Å². The van der Waals surface area contributed by atoms with Crippen LogP contribution in [0.4, 0.5) is 0 Å². The van der Waals surface area contributed by atoms with E-state index in [9.17, 15) is 9.46 Å². The Kier molecular flexibility index (Phi) is 7.10. The zero-order valence-electron chi connectivity index (χ0n) is 7.50. The summed E-state index contributed by atoms with van der Waals surface area (Å²) in [5.41, 5.74) is 0. The van der Waals surface area contributed by atoms with Crippen LogP contribution in [0.2, 0.25) is 0 Å². The van der Waals surface area contributed by atoms with Gasteiger partial charge >= 0.3 is 51.4 Å². The van der Waals surface area contributed by atoms with E-state index in [1.165, 1.54) is 0 Å². The number of hydrogen-bond donors (Lipinski definition) is 1. The summed E-state index contributed by atoms with van der Waals surface area (Å²) in [6.07, 6.45) is -0.766. The van der Waals surface area contributed by atoms with Crippen LogP contribution < -0.4 is 56.3 Å². The van der Waals surface area contributed by atoms with Gasteiger partial charge in [-0.05, 0) is 6.92 Å². The first-order valence-corrected chi connectivity index (χ1v) is 4.92. The van der Waals surface area contributed by atoms with Crippen molar-refractivity contribution in [3.63, 3.8) is 0 Å². The third-order valence-corrected chi connectivity index (χ3v) is 1.80. The molecule has 0 bridgehead atoms. The largest absolute Gasteiger partial charge is 1.00 e. The van der Waals surface area contributed by atoms with Crippen LogP contribution in [0.1, 0.15) is 6.92 Å². The molecule has 72 valence electrons. The van der Waals surface area contributed by atoms with Crippen molar-refractivity contribution in [2.45, 2.75) is 19.3 Å². The maximum Gasteiger partial charge on any atom is 1.00 e. The summed E-state index contributed by atoms with van der Waals surface area (Å²) >= 11 is 0. The average Bonchev–Trinajstić information content (AvgIpc) is 2.30. The Morgan fingerprint density at radius 1 is 1.77 bits per heavy atom. The van der Waals surface area contributed by atoms with Crippen molar-refractivity contribution in [2.24, 2.45) is 0 Å². The molecule has 8 heteroatoms. The minimum Gasteiger partial charge on any atom is -0.756 e. The quantitative estimate of drug-likeness (QED) is 0.400.